The second-order valence-corrected chi connectivity index (χ2v) is 9.87. The van der Waals surface area contributed by atoms with Crippen molar-refractivity contribution in [2.75, 3.05) is 58.3 Å². The van der Waals surface area contributed by atoms with Gasteiger partial charge in [-0.25, -0.2) is 0 Å². The van der Waals surface area contributed by atoms with Crippen molar-refractivity contribution in [3.05, 3.63) is 0 Å². The number of carbonyl (C=O) groups excluding carboxylic acids is 1. The van der Waals surface area contributed by atoms with E-state index in [0.29, 0.717) is 26.1 Å². The topological polar surface area (TPSA) is 147 Å². The Kier molecular flexibility index (Phi) is 27.2. The van der Waals surface area contributed by atoms with Gasteiger partial charge >= 0.3 is 0 Å². The standard InChI is InChI=1S/C17H35NO4S.C6H15NO3/c1-2-3-4-5-6-7-8-9-10-11-12-13-17(19)16-18-14-15-23(20,21)22;8-4-1-7(2-5-9)3-6-10/h18H,2-16H2,1H3,(H,20,21,22);8-10H,1-6H2. The van der Waals surface area contributed by atoms with E-state index in [1.54, 1.807) is 4.90 Å². The average molecular weight is 499 g/mol. The maximum absolute atomic E-state index is 11.6. The maximum atomic E-state index is 11.6. The Bertz CT molecular complexity index is 505. The van der Waals surface area contributed by atoms with Gasteiger partial charge in [-0.15, -0.1) is 0 Å². The van der Waals surface area contributed by atoms with Crippen LogP contribution < -0.4 is 5.32 Å². The molecule has 0 amide bonds. The number of hydrogen-bond donors (Lipinski definition) is 5. The van der Waals surface area contributed by atoms with Crippen LogP contribution in [0.25, 0.3) is 0 Å². The van der Waals surface area contributed by atoms with Gasteiger partial charge in [0.25, 0.3) is 10.1 Å². The summed E-state index contributed by atoms with van der Waals surface area (Å²) in [6.45, 7) is 4.29. The summed E-state index contributed by atoms with van der Waals surface area (Å²) in [5.74, 6) is -0.241. The molecule has 10 heteroatoms. The SMILES string of the molecule is CCCCCCCCCCCCCC(=O)CNCCS(=O)(=O)O.OCCN(CCO)CCO. The number of Topliss-reactive ketones (excluding diaryl/α,β-unsaturated/α-hetero) is 1. The van der Waals surface area contributed by atoms with Gasteiger partial charge in [0.15, 0.2) is 0 Å². The highest BCUT2D eigenvalue weighted by Gasteiger charge is 2.05. The third-order valence-electron chi connectivity index (χ3n) is 5.17. The van der Waals surface area contributed by atoms with Gasteiger partial charge in [-0.3, -0.25) is 14.2 Å². The van der Waals surface area contributed by atoms with Crippen molar-refractivity contribution in [2.24, 2.45) is 0 Å². The number of aliphatic hydroxyl groups excluding tert-OH is 3. The lowest BCUT2D eigenvalue weighted by molar-refractivity contribution is -0.118. The summed E-state index contributed by atoms with van der Waals surface area (Å²) < 4.78 is 29.5. The van der Waals surface area contributed by atoms with E-state index in [9.17, 15) is 13.2 Å². The third kappa shape index (κ3) is 31.4. The first-order valence-electron chi connectivity index (χ1n) is 12.5. The van der Waals surface area contributed by atoms with Crippen LogP contribution in [0, 0.1) is 0 Å². The fraction of sp³-hybridized carbons (Fsp3) is 0.957. The molecule has 0 rings (SSSR count). The zero-order valence-corrected chi connectivity index (χ0v) is 21.5. The minimum Gasteiger partial charge on any atom is -0.395 e. The second-order valence-electron chi connectivity index (χ2n) is 8.30. The van der Waals surface area contributed by atoms with Crippen molar-refractivity contribution in [3.8, 4) is 0 Å². The molecule has 33 heavy (non-hydrogen) atoms. The molecule has 0 bridgehead atoms. The summed E-state index contributed by atoms with van der Waals surface area (Å²) in [7, 11) is -3.93. The molecule has 5 N–H and O–H groups in total. The van der Waals surface area contributed by atoms with Gasteiger partial charge in [0.2, 0.25) is 0 Å². The number of nitrogens with zero attached hydrogens (tertiary/aromatic N) is 1. The molecule has 0 aromatic rings. The van der Waals surface area contributed by atoms with E-state index in [2.05, 4.69) is 12.2 Å². The fourth-order valence-corrected chi connectivity index (χ4v) is 3.67. The van der Waals surface area contributed by atoms with Gasteiger partial charge in [-0.1, -0.05) is 71.1 Å². The number of nitrogens with one attached hydrogen (secondary N) is 1. The van der Waals surface area contributed by atoms with Crippen LogP contribution in [-0.2, 0) is 14.9 Å². The van der Waals surface area contributed by atoms with E-state index in [1.165, 1.54) is 57.8 Å². The van der Waals surface area contributed by atoms with Gasteiger partial charge in [0.05, 0.1) is 32.1 Å². The van der Waals surface area contributed by atoms with E-state index < -0.39 is 10.1 Å². The summed E-state index contributed by atoms with van der Waals surface area (Å²) in [5, 5.41) is 28.2. The molecule has 0 aromatic heterocycles. The summed E-state index contributed by atoms with van der Waals surface area (Å²) in [6.07, 6.45) is 14.4. The number of aliphatic hydroxyl groups is 3. The number of hydrogen-bond acceptors (Lipinski definition) is 8. The van der Waals surface area contributed by atoms with Crippen LogP contribution in [0.3, 0.4) is 0 Å². The van der Waals surface area contributed by atoms with Gasteiger partial charge < -0.3 is 20.6 Å². The summed E-state index contributed by atoms with van der Waals surface area (Å²) in [5.41, 5.74) is 0. The number of ketones is 1. The molecule has 0 unspecified atom stereocenters. The first-order chi connectivity index (χ1) is 15.8. The fourth-order valence-electron chi connectivity index (χ4n) is 3.26. The first-order valence-corrected chi connectivity index (χ1v) is 14.1. The molecule has 0 spiro atoms. The monoisotopic (exact) mass is 498 g/mol. The quantitative estimate of drug-likeness (QED) is 0.105. The average Bonchev–Trinajstić information content (AvgIpc) is 2.75. The predicted octanol–water partition coefficient (Wildman–Crippen LogP) is 2.00. The van der Waals surface area contributed by atoms with Crippen molar-refractivity contribution in [1.82, 2.24) is 10.2 Å². The lowest BCUT2D eigenvalue weighted by Crippen LogP contribution is -2.32. The van der Waals surface area contributed by atoms with Gasteiger partial charge in [0, 0.05) is 32.6 Å². The lowest BCUT2D eigenvalue weighted by atomic mass is 10.0. The Balaban J connectivity index is 0. The Morgan fingerprint density at radius 1 is 0.758 bits per heavy atom. The Labute approximate surface area is 201 Å². The normalized spacial score (nSPS) is 11.5. The molecule has 0 aliphatic rings. The molecular formula is C23H50N2O7S. The molecule has 200 valence electrons. The molecular weight excluding hydrogens is 448 g/mol. The summed E-state index contributed by atoms with van der Waals surface area (Å²) in [6, 6.07) is 0. The van der Waals surface area contributed by atoms with Crippen molar-refractivity contribution in [2.45, 2.75) is 84.0 Å². The van der Waals surface area contributed by atoms with Crippen molar-refractivity contribution >= 4 is 15.9 Å². The van der Waals surface area contributed by atoms with Crippen molar-refractivity contribution in [3.63, 3.8) is 0 Å². The number of carbonyl (C=O) groups is 1. The highest BCUT2D eigenvalue weighted by molar-refractivity contribution is 7.85. The van der Waals surface area contributed by atoms with Crippen LogP contribution in [0.4, 0.5) is 0 Å². The summed E-state index contributed by atoms with van der Waals surface area (Å²) >= 11 is 0. The molecule has 0 saturated heterocycles. The zero-order valence-electron chi connectivity index (χ0n) is 20.7. The van der Waals surface area contributed by atoms with Crippen LogP contribution in [0.5, 0.6) is 0 Å². The largest absolute Gasteiger partial charge is 0.395 e. The minimum atomic E-state index is -3.93. The zero-order chi connectivity index (χ0) is 25.2. The second kappa shape index (κ2) is 26.0. The van der Waals surface area contributed by atoms with E-state index in [-0.39, 0.29) is 44.4 Å². The summed E-state index contributed by atoms with van der Waals surface area (Å²) in [4.78, 5) is 13.3. The van der Waals surface area contributed by atoms with Crippen molar-refractivity contribution < 1.29 is 33.1 Å². The molecule has 0 fully saturated rings. The molecule has 0 radical (unpaired) electrons. The molecule has 0 aliphatic carbocycles. The third-order valence-corrected chi connectivity index (χ3v) is 5.89. The predicted molar refractivity (Wildman–Crippen MR) is 133 cm³/mol. The lowest BCUT2D eigenvalue weighted by Gasteiger charge is -2.17. The molecule has 0 atom stereocenters. The molecule has 0 aromatic carbocycles. The number of unbranched alkanes of at least 4 members (excludes halogenated alkanes) is 10. The smallest absolute Gasteiger partial charge is 0.266 e. The first kappa shape index (κ1) is 34.5. The minimum absolute atomic E-state index is 0.0694. The molecule has 9 nitrogen and oxygen atoms in total. The number of rotatable bonds is 23. The van der Waals surface area contributed by atoms with E-state index in [4.69, 9.17) is 19.9 Å². The highest BCUT2D eigenvalue weighted by Crippen LogP contribution is 2.11. The van der Waals surface area contributed by atoms with Crippen LogP contribution in [-0.4, -0.2) is 97.3 Å². The molecule has 0 saturated carbocycles. The van der Waals surface area contributed by atoms with Crippen LogP contribution in [0.2, 0.25) is 0 Å². The van der Waals surface area contributed by atoms with Crippen molar-refractivity contribution in [1.29, 1.82) is 0 Å². The Morgan fingerprint density at radius 2 is 1.18 bits per heavy atom. The Morgan fingerprint density at radius 3 is 1.58 bits per heavy atom. The van der Waals surface area contributed by atoms with E-state index >= 15 is 0 Å². The maximum Gasteiger partial charge on any atom is 0.266 e. The van der Waals surface area contributed by atoms with Gasteiger partial charge in [-0.05, 0) is 6.42 Å². The highest BCUT2D eigenvalue weighted by atomic mass is 32.2. The van der Waals surface area contributed by atoms with E-state index in [1.807, 2.05) is 0 Å². The van der Waals surface area contributed by atoms with E-state index in [0.717, 1.165) is 12.8 Å². The molecule has 0 heterocycles. The van der Waals surface area contributed by atoms with Gasteiger partial charge in [-0.2, -0.15) is 8.42 Å². The Hall–Kier alpha value is -0.620. The van der Waals surface area contributed by atoms with Crippen LogP contribution in [0.15, 0.2) is 0 Å². The van der Waals surface area contributed by atoms with Gasteiger partial charge in [0.1, 0.15) is 5.78 Å². The van der Waals surface area contributed by atoms with Crippen LogP contribution in [0.1, 0.15) is 84.0 Å². The molecule has 0 aliphatic heterocycles. The van der Waals surface area contributed by atoms with Crippen LogP contribution >= 0.6 is 0 Å².